The van der Waals surface area contributed by atoms with Crippen molar-refractivity contribution in [2.24, 2.45) is 0 Å². The molecule has 0 heterocycles. The van der Waals surface area contributed by atoms with Gasteiger partial charge < -0.3 is 19.5 Å². The summed E-state index contributed by atoms with van der Waals surface area (Å²) in [4.78, 5) is 19.0. The fourth-order valence-corrected chi connectivity index (χ4v) is 2.43. The standard InChI is InChI=1S/C14H32N.C4H4O4/c1-5-9-12-15(8-4,13-10-6-2)14-11-7-3;5-3(6)1-2-4(7)8/h5-14H2,1-4H3;1-2H,(H,5,6)(H,7,8)/q+1;/p-1. The van der Waals surface area contributed by atoms with Crippen LogP contribution in [0.15, 0.2) is 12.2 Å². The van der Waals surface area contributed by atoms with Crippen LogP contribution in [-0.4, -0.2) is 47.7 Å². The van der Waals surface area contributed by atoms with Gasteiger partial charge in [0.05, 0.1) is 32.1 Å². The third kappa shape index (κ3) is 15.3. The highest BCUT2D eigenvalue weighted by Crippen LogP contribution is 2.14. The average Bonchev–Trinajstić information content (AvgIpc) is 2.53. The van der Waals surface area contributed by atoms with Gasteiger partial charge in [-0.15, -0.1) is 0 Å². The van der Waals surface area contributed by atoms with Crippen molar-refractivity contribution in [2.75, 3.05) is 26.2 Å². The monoisotopic (exact) mass is 329 g/mol. The van der Waals surface area contributed by atoms with E-state index in [1.165, 1.54) is 69.2 Å². The van der Waals surface area contributed by atoms with Crippen molar-refractivity contribution in [1.29, 1.82) is 0 Å². The van der Waals surface area contributed by atoms with Crippen LogP contribution < -0.4 is 5.11 Å². The number of carboxylic acids is 2. The lowest BCUT2D eigenvalue weighted by atomic mass is 10.1. The summed E-state index contributed by atoms with van der Waals surface area (Å²) in [7, 11) is 0. The van der Waals surface area contributed by atoms with E-state index >= 15 is 0 Å². The van der Waals surface area contributed by atoms with Gasteiger partial charge in [-0.3, -0.25) is 0 Å². The van der Waals surface area contributed by atoms with Crippen molar-refractivity contribution in [1.82, 2.24) is 0 Å². The Morgan fingerprint density at radius 3 is 1.43 bits per heavy atom. The second-order valence-corrected chi connectivity index (χ2v) is 5.88. The van der Waals surface area contributed by atoms with Gasteiger partial charge in [-0.2, -0.15) is 0 Å². The molecule has 0 spiro atoms. The molecule has 0 saturated carbocycles. The van der Waals surface area contributed by atoms with Crippen molar-refractivity contribution >= 4 is 11.9 Å². The highest BCUT2D eigenvalue weighted by atomic mass is 16.4. The highest BCUT2D eigenvalue weighted by Gasteiger charge is 2.22. The molecule has 0 unspecified atom stereocenters. The molecule has 136 valence electrons. The van der Waals surface area contributed by atoms with Crippen LogP contribution in [0.2, 0.25) is 0 Å². The van der Waals surface area contributed by atoms with Gasteiger partial charge in [0, 0.05) is 6.08 Å². The predicted molar refractivity (Wildman–Crippen MR) is 91.9 cm³/mol. The maximum atomic E-state index is 9.53. The number of carbonyl (C=O) groups is 2. The first kappa shape index (κ1) is 23.9. The molecule has 0 radical (unpaired) electrons. The van der Waals surface area contributed by atoms with Gasteiger partial charge in [0.15, 0.2) is 0 Å². The summed E-state index contributed by atoms with van der Waals surface area (Å²) in [6, 6.07) is 0. The van der Waals surface area contributed by atoms with Crippen molar-refractivity contribution in [2.45, 2.75) is 66.2 Å². The Balaban J connectivity index is 0. The van der Waals surface area contributed by atoms with Gasteiger partial charge in [0.25, 0.3) is 0 Å². The average molecular weight is 329 g/mol. The zero-order valence-electron chi connectivity index (χ0n) is 15.3. The summed E-state index contributed by atoms with van der Waals surface area (Å²) in [5.74, 6) is -2.80. The Morgan fingerprint density at radius 2 is 1.26 bits per heavy atom. The fraction of sp³-hybridized carbons (Fsp3) is 0.778. The third-order valence-electron chi connectivity index (χ3n) is 3.99. The number of unbranched alkanes of at least 4 members (excludes halogenated alkanes) is 3. The van der Waals surface area contributed by atoms with Gasteiger partial charge in [-0.25, -0.2) is 4.79 Å². The van der Waals surface area contributed by atoms with E-state index < -0.39 is 11.9 Å². The number of nitrogens with zero attached hydrogens (tertiary/aromatic N) is 1. The number of carbonyl (C=O) groups excluding carboxylic acids is 1. The van der Waals surface area contributed by atoms with Crippen LogP contribution in [0, 0.1) is 0 Å². The molecule has 5 heteroatoms. The van der Waals surface area contributed by atoms with E-state index in [4.69, 9.17) is 5.11 Å². The molecule has 1 N–H and O–H groups in total. The van der Waals surface area contributed by atoms with E-state index in [9.17, 15) is 14.7 Å². The first-order valence-corrected chi connectivity index (χ1v) is 8.84. The van der Waals surface area contributed by atoms with Crippen LogP contribution in [0.3, 0.4) is 0 Å². The van der Waals surface area contributed by atoms with Crippen molar-refractivity contribution in [3.63, 3.8) is 0 Å². The van der Waals surface area contributed by atoms with E-state index in [-0.39, 0.29) is 0 Å². The molecule has 23 heavy (non-hydrogen) atoms. The largest absolute Gasteiger partial charge is 0.545 e. The molecule has 0 fully saturated rings. The van der Waals surface area contributed by atoms with E-state index in [1.807, 2.05) is 0 Å². The number of quaternary nitrogens is 1. The molecule has 5 nitrogen and oxygen atoms in total. The summed E-state index contributed by atoms with van der Waals surface area (Å²) >= 11 is 0. The van der Waals surface area contributed by atoms with Gasteiger partial charge >= 0.3 is 5.97 Å². The lowest BCUT2D eigenvalue weighted by molar-refractivity contribution is -0.927. The van der Waals surface area contributed by atoms with Crippen LogP contribution in [0.4, 0.5) is 0 Å². The number of hydrogen-bond acceptors (Lipinski definition) is 3. The maximum Gasteiger partial charge on any atom is 0.328 e. The predicted octanol–water partition coefficient (Wildman–Crippen LogP) is 2.60. The molecule has 0 aromatic rings. The summed E-state index contributed by atoms with van der Waals surface area (Å²) in [6.45, 7) is 14.9. The molecule has 0 aliphatic rings. The van der Waals surface area contributed by atoms with E-state index in [2.05, 4.69) is 27.7 Å². The fourth-order valence-electron chi connectivity index (χ4n) is 2.43. The number of hydrogen-bond donors (Lipinski definition) is 1. The summed E-state index contributed by atoms with van der Waals surface area (Å²) in [5.41, 5.74) is 0. The molecule has 0 aliphatic carbocycles. The summed E-state index contributed by atoms with van der Waals surface area (Å²) < 4.78 is 1.38. The molecule has 0 amide bonds. The van der Waals surface area contributed by atoms with E-state index in [0.717, 1.165) is 0 Å². The zero-order chi connectivity index (χ0) is 18.1. The normalized spacial score (nSPS) is 11.1. The molecule has 0 aliphatic heterocycles. The molecule has 0 aromatic heterocycles. The Kier molecular flexibility index (Phi) is 16.1. The minimum atomic E-state index is -1.51. The Hall–Kier alpha value is -1.36. The lowest BCUT2D eigenvalue weighted by Gasteiger charge is -2.38. The second-order valence-electron chi connectivity index (χ2n) is 5.88. The molecular formula is C18H35NO4. The number of aliphatic carboxylic acids is 2. The SMILES string of the molecule is CCCC[N+](CC)(CCCC)CCCC.O=C([O-])C=CC(=O)O. The lowest BCUT2D eigenvalue weighted by Crippen LogP contribution is -2.49. The Morgan fingerprint density at radius 1 is 0.870 bits per heavy atom. The highest BCUT2D eigenvalue weighted by molar-refractivity contribution is 5.88. The topological polar surface area (TPSA) is 77.4 Å². The first-order valence-electron chi connectivity index (χ1n) is 8.84. The van der Waals surface area contributed by atoms with Crippen molar-refractivity contribution in [3.8, 4) is 0 Å². The Bertz CT molecular complexity index is 302. The minimum absolute atomic E-state index is 0.447. The quantitative estimate of drug-likeness (QED) is 0.441. The van der Waals surface area contributed by atoms with Crippen molar-refractivity contribution < 1.29 is 24.3 Å². The summed E-state index contributed by atoms with van der Waals surface area (Å²) in [6.07, 6.45) is 9.19. The molecule has 0 atom stereocenters. The van der Waals surface area contributed by atoms with Crippen LogP contribution in [0.1, 0.15) is 66.2 Å². The number of carboxylic acid groups (broad SMARTS) is 2. The smallest absolute Gasteiger partial charge is 0.328 e. The van der Waals surface area contributed by atoms with Gasteiger partial charge in [0.1, 0.15) is 0 Å². The van der Waals surface area contributed by atoms with Crippen LogP contribution >= 0.6 is 0 Å². The molecular weight excluding hydrogens is 294 g/mol. The third-order valence-corrected chi connectivity index (χ3v) is 3.99. The number of rotatable bonds is 12. The second kappa shape index (κ2) is 15.5. The van der Waals surface area contributed by atoms with Gasteiger partial charge in [0.2, 0.25) is 0 Å². The Labute approximate surface area is 141 Å². The van der Waals surface area contributed by atoms with Crippen LogP contribution in [0.5, 0.6) is 0 Å². The minimum Gasteiger partial charge on any atom is -0.545 e. The molecule has 0 aromatic carbocycles. The van der Waals surface area contributed by atoms with Gasteiger partial charge in [-0.1, -0.05) is 40.0 Å². The van der Waals surface area contributed by atoms with Crippen molar-refractivity contribution in [3.05, 3.63) is 12.2 Å². The zero-order valence-corrected chi connectivity index (χ0v) is 15.3. The summed E-state index contributed by atoms with van der Waals surface area (Å²) in [5, 5.41) is 17.2. The molecule has 0 rings (SSSR count). The van der Waals surface area contributed by atoms with Gasteiger partial charge in [-0.05, 0) is 32.3 Å². The molecule has 0 bridgehead atoms. The van der Waals surface area contributed by atoms with E-state index in [0.29, 0.717) is 12.2 Å². The van der Waals surface area contributed by atoms with Crippen LogP contribution in [-0.2, 0) is 9.59 Å². The van der Waals surface area contributed by atoms with E-state index in [1.54, 1.807) is 0 Å². The molecule has 0 saturated heterocycles. The van der Waals surface area contributed by atoms with Crippen LogP contribution in [0.25, 0.3) is 0 Å². The first-order chi connectivity index (χ1) is 10.9. The maximum absolute atomic E-state index is 9.53.